The molecule has 1 aromatic carbocycles. The molecule has 1 aromatic rings. The number of carboxylic acids is 1. The minimum absolute atomic E-state index is 0.165. The van der Waals surface area contributed by atoms with Crippen molar-refractivity contribution < 1.29 is 42.2 Å². The maximum atomic E-state index is 10.6. The van der Waals surface area contributed by atoms with Gasteiger partial charge in [-0.2, -0.15) is 13.2 Å². The van der Waals surface area contributed by atoms with Crippen LogP contribution < -0.4 is 20.7 Å². The zero-order valence-electron chi connectivity index (χ0n) is 11.3. The van der Waals surface area contributed by atoms with Gasteiger partial charge in [0, 0.05) is 16.5 Å². The number of benzene rings is 1. The van der Waals surface area contributed by atoms with Crippen LogP contribution in [0.4, 0.5) is 13.2 Å². The molecule has 0 amide bonds. The van der Waals surface area contributed by atoms with Crippen LogP contribution in [0, 0.1) is 0 Å². The molecule has 7 nitrogen and oxygen atoms in total. The average molecular weight is 400 g/mol. The first-order valence-corrected chi connectivity index (χ1v) is 6.91. The molecule has 2 aliphatic heterocycles. The van der Waals surface area contributed by atoms with E-state index in [1.54, 1.807) is 0 Å². The second kappa shape index (κ2) is 6.55. The number of hydrogen-bond acceptors (Lipinski definition) is 6. The molecule has 4 N–H and O–H groups in total. The highest BCUT2D eigenvalue weighted by atomic mass is 79.9. The molecular weight excluding hydrogens is 390 g/mol. The SMILES string of the molecule is NCC1OB(O)c2c3c(cc(Br)c21)OCO3.O=C(O)C(F)(F)F. The highest BCUT2D eigenvalue weighted by Crippen LogP contribution is 2.41. The number of aliphatic carboxylic acids is 1. The molecule has 1 unspecified atom stereocenters. The number of rotatable bonds is 1. The molecule has 0 saturated carbocycles. The van der Waals surface area contributed by atoms with Crippen molar-refractivity contribution in [2.45, 2.75) is 12.3 Å². The van der Waals surface area contributed by atoms with E-state index in [4.69, 9.17) is 29.8 Å². The number of halogens is 4. The summed E-state index contributed by atoms with van der Waals surface area (Å²) in [6, 6.07) is 1.81. The predicted molar refractivity (Wildman–Crippen MR) is 74.4 cm³/mol. The lowest BCUT2D eigenvalue weighted by molar-refractivity contribution is -0.192. The standard InChI is InChI=1S/C9H9BBrNO4.C2HF3O2/c11-4-1-5-9(15-3-14-5)8-7(4)6(2-12)16-10(8)13;3-2(4,5)1(6)7/h1,6,13H,2-3,12H2;(H,6,7). The summed E-state index contributed by atoms with van der Waals surface area (Å²) in [5.74, 6) is -1.58. The van der Waals surface area contributed by atoms with E-state index in [2.05, 4.69) is 15.9 Å². The van der Waals surface area contributed by atoms with Gasteiger partial charge in [-0.05, 0) is 11.6 Å². The normalized spacial score (nSPS) is 18.3. The molecule has 23 heavy (non-hydrogen) atoms. The lowest BCUT2D eigenvalue weighted by atomic mass is 9.78. The van der Waals surface area contributed by atoms with Gasteiger partial charge in [0.05, 0.1) is 6.10 Å². The quantitative estimate of drug-likeness (QED) is 0.590. The Morgan fingerprint density at radius 2 is 2.09 bits per heavy atom. The van der Waals surface area contributed by atoms with Crippen LogP contribution in [0.5, 0.6) is 11.5 Å². The van der Waals surface area contributed by atoms with Crippen molar-refractivity contribution in [1.82, 2.24) is 0 Å². The second-order valence-electron chi connectivity index (χ2n) is 4.44. The molecule has 0 bridgehead atoms. The molecule has 0 radical (unpaired) electrons. The molecule has 0 aliphatic carbocycles. The van der Waals surface area contributed by atoms with E-state index in [9.17, 15) is 18.2 Å². The predicted octanol–water partition coefficient (Wildman–Crippen LogP) is 0.529. The molecule has 3 rings (SSSR count). The summed E-state index contributed by atoms with van der Waals surface area (Å²) in [5, 5.41) is 17.0. The van der Waals surface area contributed by atoms with Gasteiger partial charge in [0.1, 0.15) is 0 Å². The van der Waals surface area contributed by atoms with Crippen LogP contribution in [-0.2, 0) is 9.45 Å². The smallest absolute Gasteiger partial charge is 0.475 e. The van der Waals surface area contributed by atoms with Gasteiger partial charge in [-0.1, -0.05) is 15.9 Å². The van der Waals surface area contributed by atoms with Crippen LogP contribution in [0.25, 0.3) is 0 Å². The molecule has 0 fully saturated rings. The number of ether oxygens (including phenoxy) is 2. The number of fused-ring (bicyclic) bond motifs is 3. The fourth-order valence-corrected chi connectivity index (χ4v) is 2.76. The lowest BCUT2D eigenvalue weighted by Crippen LogP contribution is -2.29. The van der Waals surface area contributed by atoms with Crippen LogP contribution in [0.1, 0.15) is 11.7 Å². The molecule has 0 saturated heterocycles. The van der Waals surface area contributed by atoms with Gasteiger partial charge in [-0.15, -0.1) is 0 Å². The van der Waals surface area contributed by atoms with Gasteiger partial charge in [0.15, 0.2) is 11.5 Å². The fraction of sp³-hybridized carbons (Fsp3) is 0.364. The Labute approximate surface area is 136 Å². The van der Waals surface area contributed by atoms with Crippen molar-refractivity contribution in [3.05, 3.63) is 16.1 Å². The molecule has 0 spiro atoms. The average Bonchev–Trinajstić information content (AvgIpc) is 3.02. The summed E-state index contributed by atoms with van der Waals surface area (Å²) in [6.45, 7) is 0.473. The van der Waals surface area contributed by atoms with E-state index in [1.807, 2.05) is 6.07 Å². The third-order valence-corrected chi connectivity index (χ3v) is 3.67. The van der Waals surface area contributed by atoms with E-state index in [0.29, 0.717) is 23.5 Å². The summed E-state index contributed by atoms with van der Waals surface area (Å²) in [4.78, 5) is 8.90. The summed E-state index contributed by atoms with van der Waals surface area (Å²) in [6.07, 6.45) is -5.39. The summed E-state index contributed by atoms with van der Waals surface area (Å²) >= 11 is 3.43. The number of hydrogen-bond donors (Lipinski definition) is 3. The van der Waals surface area contributed by atoms with Crippen LogP contribution in [0.3, 0.4) is 0 Å². The molecule has 0 aromatic heterocycles. The lowest BCUT2D eigenvalue weighted by Gasteiger charge is -2.11. The third kappa shape index (κ3) is 3.55. The summed E-state index contributed by atoms with van der Waals surface area (Å²) in [5.41, 5.74) is 7.06. The highest BCUT2D eigenvalue weighted by Gasteiger charge is 2.41. The van der Waals surface area contributed by atoms with E-state index < -0.39 is 19.3 Å². The minimum Gasteiger partial charge on any atom is -0.475 e. The topological polar surface area (TPSA) is 111 Å². The number of carboxylic acid groups (broad SMARTS) is 1. The zero-order valence-corrected chi connectivity index (χ0v) is 12.8. The van der Waals surface area contributed by atoms with Crippen molar-refractivity contribution in [2.75, 3.05) is 13.3 Å². The van der Waals surface area contributed by atoms with Crippen LogP contribution >= 0.6 is 15.9 Å². The Morgan fingerprint density at radius 3 is 2.61 bits per heavy atom. The number of nitrogens with two attached hydrogens (primary N) is 1. The van der Waals surface area contributed by atoms with E-state index >= 15 is 0 Å². The van der Waals surface area contributed by atoms with Crippen LogP contribution in [0.15, 0.2) is 10.5 Å². The monoisotopic (exact) mass is 399 g/mol. The van der Waals surface area contributed by atoms with Gasteiger partial charge in [-0.3, -0.25) is 0 Å². The molecule has 126 valence electrons. The largest absolute Gasteiger partial charge is 0.496 e. The second-order valence-corrected chi connectivity index (χ2v) is 5.29. The number of alkyl halides is 3. The van der Waals surface area contributed by atoms with Crippen molar-refractivity contribution in [3.63, 3.8) is 0 Å². The third-order valence-electron chi connectivity index (χ3n) is 3.01. The molecule has 1 atom stereocenters. The van der Waals surface area contributed by atoms with Gasteiger partial charge in [-0.25, -0.2) is 4.79 Å². The Balaban J connectivity index is 0.000000236. The van der Waals surface area contributed by atoms with Crippen molar-refractivity contribution >= 4 is 34.5 Å². The first-order chi connectivity index (χ1) is 10.7. The van der Waals surface area contributed by atoms with Gasteiger partial charge in [0.25, 0.3) is 0 Å². The first-order valence-electron chi connectivity index (χ1n) is 6.12. The first kappa shape index (κ1) is 17.9. The van der Waals surface area contributed by atoms with Crippen molar-refractivity contribution in [1.29, 1.82) is 0 Å². The Morgan fingerprint density at radius 1 is 1.48 bits per heavy atom. The summed E-state index contributed by atoms with van der Waals surface area (Å²) in [7, 11) is -1.00. The Hall–Kier alpha value is -1.50. The van der Waals surface area contributed by atoms with Crippen LogP contribution in [0.2, 0.25) is 0 Å². The van der Waals surface area contributed by atoms with E-state index in [1.165, 1.54) is 0 Å². The van der Waals surface area contributed by atoms with Crippen LogP contribution in [-0.4, -0.2) is 42.7 Å². The Bertz CT molecular complexity index is 629. The van der Waals surface area contributed by atoms with Gasteiger partial charge >= 0.3 is 19.3 Å². The molecule has 2 aliphatic rings. The van der Waals surface area contributed by atoms with Gasteiger partial charge < -0.3 is 30.0 Å². The fourth-order valence-electron chi connectivity index (χ4n) is 2.09. The van der Waals surface area contributed by atoms with E-state index in [-0.39, 0.29) is 12.9 Å². The maximum Gasteiger partial charge on any atom is 0.496 e. The number of carbonyl (C=O) groups is 1. The van der Waals surface area contributed by atoms with Crippen molar-refractivity contribution in [3.8, 4) is 11.5 Å². The minimum atomic E-state index is -5.08. The molecular formula is C11H10BBrF3NO6. The zero-order chi connectivity index (χ0) is 17.4. The maximum absolute atomic E-state index is 10.6. The highest BCUT2D eigenvalue weighted by molar-refractivity contribution is 9.10. The molecule has 2 heterocycles. The molecule has 12 heteroatoms. The van der Waals surface area contributed by atoms with Gasteiger partial charge in [0.2, 0.25) is 6.79 Å². The summed E-state index contributed by atoms with van der Waals surface area (Å²) < 4.78 is 48.5. The van der Waals surface area contributed by atoms with E-state index in [0.717, 1.165) is 10.0 Å². The van der Waals surface area contributed by atoms with Crippen molar-refractivity contribution in [2.24, 2.45) is 5.73 Å². The Kier molecular flexibility index (Phi) is 5.09.